The maximum atomic E-state index is 12.7. The van der Waals surface area contributed by atoms with Gasteiger partial charge in [-0.25, -0.2) is 14.6 Å². The Balaban J connectivity index is 2.06. The minimum absolute atomic E-state index is 0.0317. The molecule has 138 valence electrons. The van der Waals surface area contributed by atoms with Crippen molar-refractivity contribution in [2.24, 2.45) is 0 Å². The van der Waals surface area contributed by atoms with E-state index < -0.39 is 36.6 Å². The number of halogens is 3. The highest BCUT2D eigenvalue weighted by atomic mass is 19.4. The van der Waals surface area contributed by atoms with Gasteiger partial charge in [0.1, 0.15) is 19.0 Å². The monoisotopic (exact) mass is 364 g/mol. The van der Waals surface area contributed by atoms with Crippen molar-refractivity contribution in [1.82, 2.24) is 9.88 Å². The molecule has 0 radical (unpaired) electrons. The Kier molecular flexibility index (Phi) is 5.80. The fourth-order valence-electron chi connectivity index (χ4n) is 2.18. The Labute approximate surface area is 140 Å². The van der Waals surface area contributed by atoms with E-state index in [9.17, 15) is 22.8 Å². The normalized spacial score (nSPS) is 17.7. The first-order valence-electron chi connectivity index (χ1n) is 7.04. The Bertz CT molecular complexity index is 652. The molecule has 1 atom stereocenters. The van der Waals surface area contributed by atoms with Gasteiger partial charge in [0, 0.05) is 7.11 Å². The van der Waals surface area contributed by atoms with Crippen LogP contribution < -0.4 is 0 Å². The zero-order chi connectivity index (χ0) is 18.6. The van der Waals surface area contributed by atoms with E-state index in [0.717, 1.165) is 6.07 Å². The standard InChI is InChI=1S/C14H15F3N2O6/c1-23-7-19-8(5-25-13(19)22)4-24-6-10-9(12(20)21)2-3-11(18-10)14(15,16)17/h2-3,8H,4-7H2,1H3,(H,20,21). The molecule has 0 spiro atoms. The quantitative estimate of drug-likeness (QED) is 0.787. The van der Waals surface area contributed by atoms with Gasteiger partial charge in [-0.1, -0.05) is 0 Å². The maximum absolute atomic E-state index is 12.7. The van der Waals surface area contributed by atoms with Crippen molar-refractivity contribution in [3.63, 3.8) is 0 Å². The van der Waals surface area contributed by atoms with E-state index in [0.29, 0.717) is 6.07 Å². The molecular formula is C14H15F3N2O6. The molecule has 8 nitrogen and oxygen atoms in total. The molecule has 25 heavy (non-hydrogen) atoms. The van der Waals surface area contributed by atoms with E-state index in [1.165, 1.54) is 12.0 Å². The number of alkyl halides is 3. The minimum atomic E-state index is -4.70. The van der Waals surface area contributed by atoms with Crippen LogP contribution in [0.1, 0.15) is 21.7 Å². The number of pyridine rings is 1. The molecule has 0 bridgehead atoms. The van der Waals surface area contributed by atoms with Crippen molar-refractivity contribution >= 4 is 12.1 Å². The van der Waals surface area contributed by atoms with Crippen LogP contribution in [-0.4, -0.2) is 60.1 Å². The second kappa shape index (κ2) is 7.66. The van der Waals surface area contributed by atoms with Gasteiger partial charge in [-0.05, 0) is 12.1 Å². The molecule has 1 unspecified atom stereocenters. The number of hydrogen-bond acceptors (Lipinski definition) is 6. The van der Waals surface area contributed by atoms with Crippen molar-refractivity contribution < 1.29 is 42.1 Å². The van der Waals surface area contributed by atoms with Gasteiger partial charge in [0.05, 0.1) is 30.5 Å². The lowest BCUT2D eigenvalue weighted by Crippen LogP contribution is -2.38. The number of carbonyl (C=O) groups is 2. The van der Waals surface area contributed by atoms with Crippen LogP contribution in [-0.2, 0) is 27.0 Å². The van der Waals surface area contributed by atoms with Crippen LogP contribution in [0.15, 0.2) is 12.1 Å². The van der Waals surface area contributed by atoms with Crippen LogP contribution in [0.5, 0.6) is 0 Å². The number of carbonyl (C=O) groups excluding carboxylic acids is 1. The summed E-state index contributed by atoms with van der Waals surface area (Å²) in [6.07, 6.45) is -5.30. The summed E-state index contributed by atoms with van der Waals surface area (Å²) in [5, 5.41) is 9.05. The fraction of sp³-hybridized carbons (Fsp3) is 0.500. The van der Waals surface area contributed by atoms with Gasteiger partial charge in [-0.3, -0.25) is 4.90 Å². The maximum Gasteiger partial charge on any atom is 0.433 e. The number of cyclic esters (lactones) is 1. The molecule has 2 heterocycles. The van der Waals surface area contributed by atoms with E-state index in [4.69, 9.17) is 19.3 Å². The van der Waals surface area contributed by atoms with E-state index in [1.54, 1.807) is 0 Å². The molecule has 0 aromatic carbocycles. The largest absolute Gasteiger partial charge is 0.478 e. The van der Waals surface area contributed by atoms with Crippen LogP contribution in [0.4, 0.5) is 18.0 Å². The molecule has 1 aromatic heterocycles. The van der Waals surface area contributed by atoms with Gasteiger partial charge in [0.15, 0.2) is 0 Å². The fourth-order valence-corrected chi connectivity index (χ4v) is 2.18. The summed E-state index contributed by atoms with van der Waals surface area (Å²) in [4.78, 5) is 27.2. The number of aromatic nitrogens is 1. The Morgan fingerprint density at radius 2 is 2.20 bits per heavy atom. The van der Waals surface area contributed by atoms with Gasteiger partial charge < -0.3 is 19.3 Å². The third kappa shape index (κ3) is 4.57. The third-order valence-electron chi connectivity index (χ3n) is 3.39. The minimum Gasteiger partial charge on any atom is -0.478 e. The van der Waals surface area contributed by atoms with Gasteiger partial charge in [0.25, 0.3) is 0 Å². The second-order valence-electron chi connectivity index (χ2n) is 5.13. The lowest BCUT2D eigenvalue weighted by atomic mass is 10.1. The molecule has 1 N–H and O–H groups in total. The topological polar surface area (TPSA) is 98.2 Å². The van der Waals surface area contributed by atoms with Crippen molar-refractivity contribution in [2.75, 3.05) is 27.1 Å². The molecule has 1 saturated heterocycles. The zero-order valence-electron chi connectivity index (χ0n) is 13.1. The molecule has 1 amide bonds. The highest BCUT2D eigenvalue weighted by Crippen LogP contribution is 2.28. The van der Waals surface area contributed by atoms with Crippen LogP contribution >= 0.6 is 0 Å². The van der Waals surface area contributed by atoms with Gasteiger partial charge in [-0.15, -0.1) is 0 Å². The van der Waals surface area contributed by atoms with Crippen LogP contribution in [0.2, 0.25) is 0 Å². The van der Waals surface area contributed by atoms with Gasteiger partial charge >= 0.3 is 18.2 Å². The molecule has 1 fully saturated rings. The molecule has 1 aliphatic heterocycles. The summed E-state index contributed by atoms with van der Waals surface area (Å²) in [6, 6.07) is 0.930. The zero-order valence-corrected chi connectivity index (χ0v) is 13.1. The second-order valence-corrected chi connectivity index (χ2v) is 5.13. The van der Waals surface area contributed by atoms with E-state index in [1.807, 2.05) is 0 Å². The highest BCUT2D eigenvalue weighted by molar-refractivity contribution is 5.88. The lowest BCUT2D eigenvalue weighted by Gasteiger charge is -2.20. The predicted molar refractivity (Wildman–Crippen MR) is 74.7 cm³/mol. The molecule has 1 aromatic rings. The number of nitrogens with zero attached hydrogens (tertiary/aromatic N) is 2. The van der Waals surface area contributed by atoms with Crippen molar-refractivity contribution in [3.05, 3.63) is 29.1 Å². The third-order valence-corrected chi connectivity index (χ3v) is 3.39. The Hall–Kier alpha value is -2.40. The first-order valence-corrected chi connectivity index (χ1v) is 7.04. The molecule has 0 saturated carbocycles. The molecule has 0 aliphatic carbocycles. The number of amides is 1. The number of methoxy groups -OCH3 is 1. The molecular weight excluding hydrogens is 349 g/mol. The van der Waals surface area contributed by atoms with Crippen LogP contribution in [0.25, 0.3) is 0 Å². The summed E-state index contributed by atoms with van der Waals surface area (Å²) in [5.41, 5.74) is -1.96. The van der Waals surface area contributed by atoms with E-state index >= 15 is 0 Å². The smallest absolute Gasteiger partial charge is 0.433 e. The summed E-state index contributed by atoms with van der Waals surface area (Å²) in [7, 11) is 1.38. The molecule has 2 rings (SSSR count). The highest BCUT2D eigenvalue weighted by Gasteiger charge is 2.34. The first-order chi connectivity index (χ1) is 11.7. The van der Waals surface area contributed by atoms with E-state index in [2.05, 4.69) is 4.98 Å². The SMILES string of the molecule is COCN1C(=O)OCC1COCc1nc(C(F)(F)F)ccc1C(=O)O. The first kappa shape index (κ1) is 18.9. The summed E-state index contributed by atoms with van der Waals surface area (Å²) < 4.78 is 53.1. The lowest BCUT2D eigenvalue weighted by molar-refractivity contribution is -0.141. The Morgan fingerprint density at radius 3 is 2.80 bits per heavy atom. The summed E-state index contributed by atoms with van der Waals surface area (Å²) >= 11 is 0. The summed E-state index contributed by atoms with van der Waals surface area (Å²) in [5.74, 6) is -1.42. The Morgan fingerprint density at radius 1 is 1.48 bits per heavy atom. The number of hydrogen-bond donors (Lipinski definition) is 1. The summed E-state index contributed by atoms with van der Waals surface area (Å²) in [6.45, 7) is -0.539. The predicted octanol–water partition coefficient (Wildman–Crippen LogP) is 1.74. The van der Waals surface area contributed by atoms with Gasteiger partial charge in [0.2, 0.25) is 0 Å². The number of carboxylic acids is 1. The van der Waals surface area contributed by atoms with Crippen LogP contribution in [0.3, 0.4) is 0 Å². The molecule has 1 aliphatic rings. The average Bonchev–Trinajstić information content (AvgIpc) is 2.87. The average molecular weight is 364 g/mol. The number of ether oxygens (including phenoxy) is 3. The number of rotatable bonds is 7. The van der Waals surface area contributed by atoms with Crippen LogP contribution in [0, 0.1) is 0 Å². The number of carboxylic acid groups (broad SMARTS) is 1. The number of aromatic carboxylic acids is 1. The van der Waals surface area contributed by atoms with Crippen molar-refractivity contribution in [2.45, 2.75) is 18.8 Å². The van der Waals surface area contributed by atoms with Crippen molar-refractivity contribution in [1.29, 1.82) is 0 Å². The van der Waals surface area contributed by atoms with Crippen molar-refractivity contribution in [3.8, 4) is 0 Å². The van der Waals surface area contributed by atoms with Gasteiger partial charge in [-0.2, -0.15) is 13.2 Å². The molecule has 11 heteroatoms. The van der Waals surface area contributed by atoms with E-state index in [-0.39, 0.29) is 31.2 Å².